The zero-order chi connectivity index (χ0) is 20.2. The summed E-state index contributed by atoms with van der Waals surface area (Å²) in [6, 6.07) is 13.1. The highest BCUT2D eigenvalue weighted by atomic mass is 35.5. The highest BCUT2D eigenvalue weighted by molar-refractivity contribution is 7.89. The van der Waals surface area contributed by atoms with Gasteiger partial charge < -0.3 is 10.1 Å². The second kappa shape index (κ2) is 8.51. The minimum atomic E-state index is -3.74. The SMILES string of the molecule is CNC(=O)C1(CNS(=O)(=O)c2ccc(Oc3ccccc3Cl)cc2)CCCC1. The van der Waals surface area contributed by atoms with Crippen LogP contribution in [0, 0.1) is 5.41 Å². The molecule has 0 radical (unpaired) electrons. The molecule has 150 valence electrons. The first kappa shape index (κ1) is 20.6. The Hall–Kier alpha value is -2.09. The van der Waals surface area contributed by atoms with Crippen molar-refractivity contribution >= 4 is 27.5 Å². The van der Waals surface area contributed by atoms with E-state index in [4.69, 9.17) is 16.3 Å². The molecule has 1 saturated carbocycles. The van der Waals surface area contributed by atoms with E-state index < -0.39 is 15.4 Å². The Morgan fingerprint density at radius 1 is 1.11 bits per heavy atom. The van der Waals surface area contributed by atoms with Gasteiger partial charge in [-0.15, -0.1) is 0 Å². The van der Waals surface area contributed by atoms with Gasteiger partial charge >= 0.3 is 0 Å². The molecule has 3 rings (SSSR count). The largest absolute Gasteiger partial charge is 0.456 e. The molecular weight excluding hydrogens is 400 g/mol. The van der Waals surface area contributed by atoms with Crippen LogP contribution in [0.5, 0.6) is 11.5 Å². The molecule has 0 unspecified atom stereocenters. The van der Waals surface area contributed by atoms with Crippen LogP contribution >= 0.6 is 11.6 Å². The summed E-state index contributed by atoms with van der Waals surface area (Å²) in [5.74, 6) is 0.854. The number of ether oxygens (including phenoxy) is 1. The lowest BCUT2D eigenvalue weighted by Gasteiger charge is -2.27. The quantitative estimate of drug-likeness (QED) is 0.712. The molecular formula is C20H23ClN2O4S. The van der Waals surface area contributed by atoms with Crippen LogP contribution < -0.4 is 14.8 Å². The van der Waals surface area contributed by atoms with Gasteiger partial charge in [-0.1, -0.05) is 36.6 Å². The lowest BCUT2D eigenvalue weighted by molar-refractivity contribution is -0.129. The smallest absolute Gasteiger partial charge is 0.240 e. The molecule has 2 aromatic rings. The van der Waals surface area contributed by atoms with Gasteiger partial charge in [0.25, 0.3) is 0 Å². The predicted molar refractivity (Wildman–Crippen MR) is 108 cm³/mol. The van der Waals surface area contributed by atoms with Crippen LogP contribution in [-0.2, 0) is 14.8 Å². The van der Waals surface area contributed by atoms with Crippen molar-refractivity contribution in [1.82, 2.24) is 10.0 Å². The lowest BCUT2D eigenvalue weighted by atomic mass is 9.85. The number of carbonyl (C=O) groups is 1. The van der Waals surface area contributed by atoms with Crippen LogP contribution in [-0.4, -0.2) is 27.9 Å². The first-order chi connectivity index (χ1) is 13.4. The summed E-state index contributed by atoms with van der Waals surface area (Å²) in [5, 5.41) is 3.13. The summed E-state index contributed by atoms with van der Waals surface area (Å²) in [4.78, 5) is 12.4. The Morgan fingerprint density at radius 2 is 1.75 bits per heavy atom. The van der Waals surface area contributed by atoms with Crippen LogP contribution in [0.1, 0.15) is 25.7 Å². The van der Waals surface area contributed by atoms with Gasteiger partial charge in [0, 0.05) is 13.6 Å². The van der Waals surface area contributed by atoms with Crippen LogP contribution in [0.4, 0.5) is 0 Å². The fourth-order valence-corrected chi connectivity index (χ4v) is 4.76. The van der Waals surface area contributed by atoms with Gasteiger partial charge in [-0.25, -0.2) is 13.1 Å². The highest BCUT2D eigenvalue weighted by Gasteiger charge is 2.41. The third-order valence-corrected chi connectivity index (χ3v) is 6.80. The zero-order valence-electron chi connectivity index (χ0n) is 15.6. The predicted octanol–water partition coefficient (Wildman–Crippen LogP) is 3.72. The second-order valence-corrected chi connectivity index (χ2v) is 9.07. The van der Waals surface area contributed by atoms with E-state index >= 15 is 0 Å². The van der Waals surface area contributed by atoms with E-state index in [0.717, 1.165) is 12.8 Å². The molecule has 0 spiro atoms. The molecule has 28 heavy (non-hydrogen) atoms. The lowest BCUT2D eigenvalue weighted by Crippen LogP contribution is -2.45. The number of hydrogen-bond acceptors (Lipinski definition) is 4. The van der Waals surface area contributed by atoms with Gasteiger partial charge in [-0.05, 0) is 49.2 Å². The third kappa shape index (κ3) is 4.48. The molecule has 0 bridgehead atoms. The number of halogens is 1. The number of amides is 1. The van der Waals surface area contributed by atoms with Gasteiger partial charge in [-0.3, -0.25) is 4.79 Å². The molecule has 0 aliphatic heterocycles. The summed E-state index contributed by atoms with van der Waals surface area (Å²) >= 11 is 6.07. The van der Waals surface area contributed by atoms with Gasteiger partial charge in [0.1, 0.15) is 11.5 Å². The zero-order valence-corrected chi connectivity index (χ0v) is 17.1. The number of para-hydroxylation sites is 1. The maximum Gasteiger partial charge on any atom is 0.240 e. The van der Waals surface area contributed by atoms with Crippen LogP contribution in [0.2, 0.25) is 5.02 Å². The van der Waals surface area contributed by atoms with E-state index in [1.165, 1.54) is 12.1 Å². The normalized spacial score (nSPS) is 15.9. The summed E-state index contributed by atoms with van der Waals surface area (Å²) in [6.45, 7) is 0.0902. The van der Waals surface area contributed by atoms with Crippen LogP contribution in [0.3, 0.4) is 0 Å². The van der Waals surface area contributed by atoms with Crippen molar-refractivity contribution < 1.29 is 17.9 Å². The first-order valence-electron chi connectivity index (χ1n) is 9.11. The molecule has 2 N–H and O–H groups in total. The van der Waals surface area contributed by atoms with Gasteiger partial charge in [0.15, 0.2) is 0 Å². The molecule has 1 aliphatic rings. The Balaban J connectivity index is 1.70. The molecule has 1 amide bonds. The molecule has 6 nitrogen and oxygen atoms in total. The monoisotopic (exact) mass is 422 g/mol. The van der Waals surface area contributed by atoms with E-state index in [1.54, 1.807) is 43.4 Å². The van der Waals surface area contributed by atoms with Crippen molar-refractivity contribution in [2.24, 2.45) is 5.41 Å². The topological polar surface area (TPSA) is 84.5 Å². The molecule has 1 aliphatic carbocycles. The summed E-state index contributed by atoms with van der Waals surface area (Å²) in [7, 11) is -2.16. The maximum atomic E-state index is 12.7. The van der Waals surface area contributed by atoms with Gasteiger partial charge in [-0.2, -0.15) is 0 Å². The molecule has 8 heteroatoms. The highest BCUT2D eigenvalue weighted by Crippen LogP contribution is 2.38. The van der Waals surface area contributed by atoms with Crippen molar-refractivity contribution in [3.05, 3.63) is 53.6 Å². The number of hydrogen-bond donors (Lipinski definition) is 2. The number of nitrogens with one attached hydrogen (secondary N) is 2. The fraction of sp³-hybridized carbons (Fsp3) is 0.350. The van der Waals surface area contributed by atoms with Crippen molar-refractivity contribution in [2.45, 2.75) is 30.6 Å². The summed E-state index contributed by atoms with van der Waals surface area (Å²) in [5.41, 5.74) is -0.672. The van der Waals surface area contributed by atoms with E-state index in [2.05, 4.69) is 10.0 Å². The Bertz CT molecular complexity index is 939. The van der Waals surface area contributed by atoms with Crippen molar-refractivity contribution in [3.63, 3.8) is 0 Å². The number of rotatable bonds is 7. The Labute approximate surface area is 170 Å². The van der Waals surface area contributed by atoms with Crippen LogP contribution in [0.25, 0.3) is 0 Å². The number of benzene rings is 2. The average molecular weight is 423 g/mol. The number of sulfonamides is 1. The molecule has 0 aromatic heterocycles. The Kier molecular flexibility index (Phi) is 6.27. The number of carbonyl (C=O) groups excluding carboxylic acids is 1. The fourth-order valence-electron chi connectivity index (χ4n) is 3.46. The second-order valence-electron chi connectivity index (χ2n) is 6.90. The minimum Gasteiger partial charge on any atom is -0.456 e. The molecule has 1 fully saturated rings. The third-order valence-electron chi connectivity index (χ3n) is 5.07. The van der Waals surface area contributed by atoms with Crippen molar-refractivity contribution in [1.29, 1.82) is 0 Å². The average Bonchev–Trinajstić information content (AvgIpc) is 3.18. The summed E-state index contributed by atoms with van der Waals surface area (Å²) < 4.78 is 33.6. The van der Waals surface area contributed by atoms with Crippen LogP contribution in [0.15, 0.2) is 53.4 Å². The minimum absolute atomic E-state index is 0.0902. The van der Waals surface area contributed by atoms with Crippen molar-refractivity contribution in [3.8, 4) is 11.5 Å². The first-order valence-corrected chi connectivity index (χ1v) is 11.0. The van der Waals surface area contributed by atoms with E-state index in [9.17, 15) is 13.2 Å². The van der Waals surface area contributed by atoms with E-state index in [0.29, 0.717) is 29.4 Å². The molecule has 2 aromatic carbocycles. The Morgan fingerprint density at radius 3 is 2.36 bits per heavy atom. The standard InChI is InChI=1S/C20H23ClN2O4S/c1-22-19(24)20(12-4-5-13-20)14-23-28(25,26)16-10-8-15(9-11-16)27-18-7-3-2-6-17(18)21/h2-3,6-11,23H,4-5,12-14H2,1H3,(H,22,24). The van der Waals surface area contributed by atoms with Gasteiger partial charge in [0.05, 0.1) is 15.3 Å². The maximum absolute atomic E-state index is 12.7. The molecule has 0 heterocycles. The summed E-state index contributed by atoms with van der Waals surface area (Å²) in [6.07, 6.45) is 3.20. The van der Waals surface area contributed by atoms with Crippen molar-refractivity contribution in [2.75, 3.05) is 13.6 Å². The van der Waals surface area contributed by atoms with Gasteiger partial charge in [0.2, 0.25) is 15.9 Å². The van der Waals surface area contributed by atoms with E-state index in [-0.39, 0.29) is 17.3 Å². The van der Waals surface area contributed by atoms with E-state index in [1.807, 2.05) is 0 Å². The molecule has 0 saturated heterocycles. The molecule has 0 atom stereocenters.